The first-order chi connectivity index (χ1) is 15.1. The Morgan fingerprint density at radius 3 is 2.24 bits per heavy atom. The average molecular weight is 479 g/mol. The molecule has 0 aliphatic carbocycles. The molecule has 0 amide bonds. The zero-order chi connectivity index (χ0) is 24.7. The summed E-state index contributed by atoms with van der Waals surface area (Å²) in [6.45, 7) is 10.8. The van der Waals surface area contributed by atoms with E-state index in [0.29, 0.717) is 33.4 Å². The van der Waals surface area contributed by atoms with Crippen molar-refractivity contribution in [3.05, 3.63) is 47.3 Å². The first-order valence-electron chi connectivity index (χ1n) is 10.5. The Morgan fingerprint density at radius 1 is 1.00 bits per heavy atom. The van der Waals surface area contributed by atoms with Crippen molar-refractivity contribution in [3.63, 3.8) is 0 Å². The fraction of sp³-hybridized carbons (Fsp3) is 0.391. The van der Waals surface area contributed by atoms with E-state index in [9.17, 15) is 17.7 Å². The highest BCUT2D eigenvalue weighted by atomic mass is 31.2. The lowest BCUT2D eigenvalue weighted by atomic mass is 10.0. The van der Waals surface area contributed by atoms with Gasteiger partial charge in [0.1, 0.15) is 18.8 Å². The molecular weight excluding hydrogens is 450 g/mol. The number of hydrogen-bond acceptors (Lipinski definition) is 6. The quantitative estimate of drug-likeness (QED) is 0.307. The lowest BCUT2D eigenvalue weighted by Crippen LogP contribution is -2.19. The van der Waals surface area contributed by atoms with Crippen LogP contribution in [-0.2, 0) is 10.7 Å². The van der Waals surface area contributed by atoms with Gasteiger partial charge in [-0.2, -0.15) is 13.2 Å². The molecule has 0 aliphatic rings. The summed E-state index contributed by atoms with van der Waals surface area (Å²) in [7, 11) is -2.66. The number of nitrogen functional groups attached to an aromatic ring is 1. The van der Waals surface area contributed by atoms with Crippen molar-refractivity contribution in [2.45, 2.75) is 46.0 Å². The minimum absolute atomic E-state index is 0.0294. The lowest BCUT2D eigenvalue weighted by Gasteiger charge is -2.21. The van der Waals surface area contributed by atoms with Gasteiger partial charge in [0, 0.05) is 28.1 Å². The molecule has 6 nitrogen and oxygen atoms in total. The molecular formula is C23H29F3N5OP. The third kappa shape index (κ3) is 5.77. The van der Waals surface area contributed by atoms with Crippen molar-refractivity contribution in [1.82, 2.24) is 9.97 Å². The molecule has 1 atom stereocenters. The lowest BCUT2D eigenvalue weighted by molar-refractivity contribution is -0.137. The highest BCUT2D eigenvalue weighted by Gasteiger charge is 2.31. The van der Waals surface area contributed by atoms with Crippen LogP contribution in [0.4, 0.5) is 30.4 Å². The second kappa shape index (κ2) is 8.86. The number of halogens is 3. The molecule has 4 N–H and O–H groups in total. The third-order valence-electron chi connectivity index (χ3n) is 5.11. The number of fused-ring (bicyclic) bond motifs is 1. The maximum atomic E-state index is 13.3. The molecule has 1 aromatic heterocycles. The molecule has 3 aromatic rings. The van der Waals surface area contributed by atoms with Gasteiger partial charge in [-0.05, 0) is 76.9 Å². The Morgan fingerprint density at radius 2 is 1.67 bits per heavy atom. The van der Waals surface area contributed by atoms with Crippen molar-refractivity contribution >= 4 is 40.5 Å². The predicted octanol–water partition coefficient (Wildman–Crippen LogP) is 5.78. The molecule has 2 aromatic carbocycles. The van der Waals surface area contributed by atoms with Gasteiger partial charge in [0.05, 0.1) is 17.1 Å². The zero-order valence-corrected chi connectivity index (χ0v) is 20.4. The molecule has 10 heteroatoms. The van der Waals surface area contributed by atoms with Crippen molar-refractivity contribution in [2.75, 3.05) is 29.7 Å². The van der Waals surface area contributed by atoms with Crippen LogP contribution in [0.5, 0.6) is 0 Å². The summed E-state index contributed by atoms with van der Waals surface area (Å²) >= 11 is 0. The first-order valence-corrected chi connectivity index (χ1v) is 13.1. The summed E-state index contributed by atoms with van der Waals surface area (Å²) in [6, 6.07) is 6.74. The number of aromatic nitrogens is 2. The minimum atomic E-state index is -4.50. The molecule has 1 heterocycles. The fourth-order valence-corrected chi connectivity index (χ4v) is 4.79. The van der Waals surface area contributed by atoms with E-state index in [-0.39, 0.29) is 11.7 Å². The summed E-state index contributed by atoms with van der Waals surface area (Å²) in [5, 5.41) is 7.84. The maximum absolute atomic E-state index is 13.3. The summed E-state index contributed by atoms with van der Waals surface area (Å²) in [6.07, 6.45) is -4.50. The first kappa shape index (κ1) is 24.8. The van der Waals surface area contributed by atoms with Crippen LogP contribution in [0.25, 0.3) is 10.9 Å². The second-order valence-electron chi connectivity index (χ2n) is 8.91. The summed E-state index contributed by atoms with van der Waals surface area (Å²) in [5.41, 5.74) is 6.72. The van der Waals surface area contributed by atoms with Crippen LogP contribution in [-0.4, -0.2) is 29.3 Å². The Bertz CT molecular complexity index is 1240. The van der Waals surface area contributed by atoms with Crippen LogP contribution in [0.15, 0.2) is 30.3 Å². The highest BCUT2D eigenvalue weighted by Crippen LogP contribution is 2.40. The van der Waals surface area contributed by atoms with Gasteiger partial charge in [0.15, 0.2) is 0 Å². The topological polar surface area (TPSA) is 92.9 Å². The zero-order valence-electron chi connectivity index (χ0n) is 19.5. The van der Waals surface area contributed by atoms with E-state index in [2.05, 4.69) is 20.6 Å². The van der Waals surface area contributed by atoms with Gasteiger partial charge in [-0.15, -0.1) is 0 Å². The van der Waals surface area contributed by atoms with Gasteiger partial charge in [-0.25, -0.2) is 9.97 Å². The summed E-state index contributed by atoms with van der Waals surface area (Å²) in [5.74, 6) is 0.951. The monoisotopic (exact) mass is 479 g/mol. The molecule has 3 rings (SSSR count). The van der Waals surface area contributed by atoms with E-state index in [1.165, 1.54) is 6.07 Å². The standard InChI is InChI=1S/C23H29F3N5OP/c1-12(2)28-20-11-19-18(10-21(20)33(5,6)32)22(31-14(4)30-19)29-13(3)15-7-16(23(24,25)26)9-17(27)8-15/h7-13,28H,27H2,1-6H3,(H,29,30,31)/t13-/m1/s1. The minimum Gasteiger partial charge on any atom is -0.399 e. The number of benzene rings is 2. The van der Waals surface area contributed by atoms with Gasteiger partial charge < -0.3 is 20.9 Å². The summed E-state index contributed by atoms with van der Waals surface area (Å²) in [4.78, 5) is 9.01. The molecule has 0 radical (unpaired) electrons. The van der Waals surface area contributed by atoms with E-state index >= 15 is 0 Å². The Hall–Kier alpha value is -2.80. The molecule has 0 spiro atoms. The van der Waals surface area contributed by atoms with Crippen LogP contribution in [0, 0.1) is 6.92 Å². The van der Waals surface area contributed by atoms with E-state index in [0.717, 1.165) is 17.8 Å². The molecule has 0 bridgehead atoms. The second-order valence-corrected chi connectivity index (χ2v) is 12.1. The third-order valence-corrected chi connectivity index (χ3v) is 6.64. The summed E-state index contributed by atoms with van der Waals surface area (Å²) < 4.78 is 52.8. The van der Waals surface area contributed by atoms with E-state index < -0.39 is 24.9 Å². The number of hydrogen-bond donors (Lipinski definition) is 3. The van der Waals surface area contributed by atoms with Crippen molar-refractivity contribution in [3.8, 4) is 0 Å². The number of nitrogens with two attached hydrogens (primary N) is 1. The molecule has 0 saturated heterocycles. The van der Waals surface area contributed by atoms with Crippen LogP contribution in [0.1, 0.15) is 43.8 Å². The van der Waals surface area contributed by atoms with Crippen molar-refractivity contribution < 1.29 is 17.7 Å². The number of nitrogens with one attached hydrogen (secondary N) is 2. The smallest absolute Gasteiger partial charge is 0.399 e. The van der Waals surface area contributed by atoms with Gasteiger partial charge in [-0.1, -0.05) is 0 Å². The van der Waals surface area contributed by atoms with Crippen LogP contribution >= 0.6 is 7.14 Å². The van der Waals surface area contributed by atoms with Gasteiger partial charge >= 0.3 is 6.18 Å². The SMILES string of the molecule is Cc1nc(N[C@H](C)c2cc(N)cc(C(F)(F)F)c2)c2cc(P(C)(C)=O)c(NC(C)C)cc2n1. The van der Waals surface area contributed by atoms with Gasteiger partial charge in [-0.3, -0.25) is 0 Å². The van der Waals surface area contributed by atoms with E-state index in [1.54, 1.807) is 33.2 Å². The predicted molar refractivity (Wildman–Crippen MR) is 130 cm³/mol. The number of rotatable bonds is 6. The van der Waals surface area contributed by atoms with Crippen LogP contribution in [0.3, 0.4) is 0 Å². The molecule has 0 saturated carbocycles. The highest BCUT2D eigenvalue weighted by molar-refractivity contribution is 7.70. The van der Waals surface area contributed by atoms with Gasteiger partial charge in [0.2, 0.25) is 0 Å². The number of alkyl halides is 3. The van der Waals surface area contributed by atoms with Crippen LogP contribution < -0.4 is 21.7 Å². The molecule has 178 valence electrons. The Kier molecular flexibility index (Phi) is 6.67. The van der Waals surface area contributed by atoms with Gasteiger partial charge in [0.25, 0.3) is 0 Å². The van der Waals surface area contributed by atoms with Crippen molar-refractivity contribution in [1.29, 1.82) is 0 Å². The Balaban J connectivity index is 2.12. The molecule has 0 unspecified atom stereocenters. The molecule has 0 fully saturated rings. The number of nitrogens with zero attached hydrogens (tertiary/aromatic N) is 2. The number of aryl methyl sites for hydroxylation is 1. The number of anilines is 3. The van der Waals surface area contributed by atoms with Crippen molar-refractivity contribution in [2.24, 2.45) is 0 Å². The van der Waals surface area contributed by atoms with E-state index in [4.69, 9.17) is 5.73 Å². The normalized spacial score (nSPS) is 13.4. The largest absolute Gasteiger partial charge is 0.416 e. The maximum Gasteiger partial charge on any atom is 0.416 e. The fourth-order valence-electron chi connectivity index (χ4n) is 3.64. The Labute approximate surface area is 191 Å². The molecule has 33 heavy (non-hydrogen) atoms. The molecule has 0 aliphatic heterocycles. The van der Waals surface area contributed by atoms with Crippen LogP contribution in [0.2, 0.25) is 0 Å². The van der Waals surface area contributed by atoms with E-state index in [1.807, 2.05) is 19.9 Å². The average Bonchev–Trinajstić information content (AvgIpc) is 2.64.